The van der Waals surface area contributed by atoms with Crippen molar-refractivity contribution in [3.05, 3.63) is 48.0 Å². The molecule has 1 N–H and O–H groups in total. The summed E-state index contributed by atoms with van der Waals surface area (Å²) in [4.78, 5) is 18.8. The highest BCUT2D eigenvalue weighted by molar-refractivity contribution is 5.93. The molecule has 1 aliphatic rings. The Morgan fingerprint density at radius 3 is 2.79 bits per heavy atom. The molecule has 2 aromatic rings. The SMILES string of the molecule is COc1ccc(C(=O)NC[C@@H](c2ccco2)N2CCCCC2)cn1. The maximum Gasteiger partial charge on any atom is 0.252 e. The summed E-state index contributed by atoms with van der Waals surface area (Å²) in [6.45, 7) is 2.58. The Kier molecular flexibility index (Phi) is 5.48. The Hall–Kier alpha value is -2.34. The van der Waals surface area contributed by atoms with Crippen LogP contribution in [0.4, 0.5) is 0 Å². The fourth-order valence-electron chi connectivity index (χ4n) is 3.05. The molecule has 1 atom stereocenters. The van der Waals surface area contributed by atoms with Crippen LogP contribution in [0.15, 0.2) is 41.1 Å². The van der Waals surface area contributed by atoms with Crippen molar-refractivity contribution in [1.29, 1.82) is 0 Å². The van der Waals surface area contributed by atoms with Crippen LogP contribution in [0.5, 0.6) is 5.88 Å². The van der Waals surface area contributed by atoms with Gasteiger partial charge in [0.1, 0.15) is 5.76 Å². The molecule has 3 rings (SSSR count). The fourth-order valence-corrected chi connectivity index (χ4v) is 3.05. The van der Waals surface area contributed by atoms with Gasteiger partial charge in [0.15, 0.2) is 0 Å². The number of likely N-dealkylation sites (tertiary alicyclic amines) is 1. The monoisotopic (exact) mass is 329 g/mol. The van der Waals surface area contributed by atoms with Gasteiger partial charge < -0.3 is 14.5 Å². The summed E-state index contributed by atoms with van der Waals surface area (Å²) < 4.78 is 10.6. The maximum absolute atomic E-state index is 12.4. The van der Waals surface area contributed by atoms with E-state index in [4.69, 9.17) is 9.15 Å². The zero-order valence-electron chi connectivity index (χ0n) is 13.9. The van der Waals surface area contributed by atoms with Gasteiger partial charge in [-0.25, -0.2) is 4.98 Å². The second-order valence-corrected chi connectivity index (χ2v) is 5.93. The minimum atomic E-state index is -0.140. The van der Waals surface area contributed by atoms with Crippen molar-refractivity contribution < 1.29 is 13.9 Å². The van der Waals surface area contributed by atoms with Gasteiger partial charge in [-0.3, -0.25) is 9.69 Å². The first-order valence-corrected chi connectivity index (χ1v) is 8.33. The highest BCUT2D eigenvalue weighted by atomic mass is 16.5. The Labute approximate surface area is 141 Å². The van der Waals surface area contributed by atoms with Gasteiger partial charge in [0.2, 0.25) is 5.88 Å². The predicted molar refractivity (Wildman–Crippen MR) is 90.0 cm³/mol. The largest absolute Gasteiger partial charge is 0.481 e. The number of piperidine rings is 1. The Morgan fingerprint density at radius 1 is 1.33 bits per heavy atom. The molecule has 1 aliphatic heterocycles. The normalized spacial score (nSPS) is 16.5. The number of hydrogen-bond donors (Lipinski definition) is 1. The van der Waals surface area contributed by atoms with Crippen LogP contribution in [-0.2, 0) is 0 Å². The van der Waals surface area contributed by atoms with Crippen LogP contribution in [0.2, 0.25) is 0 Å². The van der Waals surface area contributed by atoms with Gasteiger partial charge in [-0.05, 0) is 44.1 Å². The summed E-state index contributed by atoms with van der Waals surface area (Å²) in [5, 5.41) is 3.00. The molecule has 6 nitrogen and oxygen atoms in total. The maximum atomic E-state index is 12.4. The molecule has 0 radical (unpaired) electrons. The van der Waals surface area contributed by atoms with E-state index < -0.39 is 0 Å². The van der Waals surface area contributed by atoms with Crippen LogP contribution < -0.4 is 10.1 Å². The second kappa shape index (κ2) is 7.97. The molecule has 0 bridgehead atoms. The van der Waals surface area contributed by atoms with Gasteiger partial charge >= 0.3 is 0 Å². The first-order chi connectivity index (χ1) is 11.8. The van der Waals surface area contributed by atoms with Crippen LogP contribution in [0.3, 0.4) is 0 Å². The molecule has 1 saturated heterocycles. The lowest BCUT2D eigenvalue weighted by molar-refractivity contribution is 0.0913. The molecule has 128 valence electrons. The molecule has 0 saturated carbocycles. The molecule has 6 heteroatoms. The predicted octanol–water partition coefficient (Wildman–Crippen LogP) is 2.64. The summed E-state index contributed by atoms with van der Waals surface area (Å²) in [6, 6.07) is 7.32. The highest BCUT2D eigenvalue weighted by Gasteiger charge is 2.25. The van der Waals surface area contributed by atoms with Crippen LogP contribution >= 0.6 is 0 Å². The highest BCUT2D eigenvalue weighted by Crippen LogP contribution is 2.24. The molecule has 24 heavy (non-hydrogen) atoms. The third-order valence-corrected chi connectivity index (χ3v) is 4.37. The van der Waals surface area contributed by atoms with Gasteiger partial charge in [-0.15, -0.1) is 0 Å². The van der Waals surface area contributed by atoms with E-state index in [0.29, 0.717) is 18.0 Å². The van der Waals surface area contributed by atoms with Crippen molar-refractivity contribution >= 4 is 5.91 Å². The first kappa shape index (κ1) is 16.5. The van der Waals surface area contributed by atoms with Crippen molar-refractivity contribution in [2.75, 3.05) is 26.7 Å². The van der Waals surface area contributed by atoms with Gasteiger partial charge in [-0.1, -0.05) is 6.42 Å². The van der Waals surface area contributed by atoms with Crippen molar-refractivity contribution in [1.82, 2.24) is 15.2 Å². The third-order valence-electron chi connectivity index (χ3n) is 4.37. The fraction of sp³-hybridized carbons (Fsp3) is 0.444. The Bertz CT molecular complexity index is 634. The number of carbonyl (C=O) groups is 1. The van der Waals surface area contributed by atoms with E-state index in [2.05, 4.69) is 15.2 Å². The van der Waals surface area contributed by atoms with E-state index >= 15 is 0 Å². The van der Waals surface area contributed by atoms with E-state index in [0.717, 1.165) is 18.8 Å². The van der Waals surface area contributed by atoms with Crippen molar-refractivity contribution in [3.63, 3.8) is 0 Å². The molecule has 3 heterocycles. The van der Waals surface area contributed by atoms with Gasteiger partial charge in [0.25, 0.3) is 5.91 Å². The molecule has 1 amide bonds. The van der Waals surface area contributed by atoms with Gasteiger partial charge in [0.05, 0.1) is 25.0 Å². The summed E-state index contributed by atoms with van der Waals surface area (Å²) in [5.41, 5.74) is 0.521. The van der Waals surface area contributed by atoms with Crippen LogP contribution in [0.1, 0.15) is 41.4 Å². The number of rotatable bonds is 6. The molecule has 0 unspecified atom stereocenters. The van der Waals surface area contributed by atoms with Crippen molar-refractivity contribution in [2.45, 2.75) is 25.3 Å². The van der Waals surface area contributed by atoms with E-state index in [9.17, 15) is 4.79 Å². The summed E-state index contributed by atoms with van der Waals surface area (Å²) in [6.07, 6.45) is 6.85. The Morgan fingerprint density at radius 2 is 2.17 bits per heavy atom. The number of aromatic nitrogens is 1. The number of nitrogens with one attached hydrogen (secondary N) is 1. The molecular formula is C18H23N3O3. The number of ether oxygens (including phenoxy) is 1. The average molecular weight is 329 g/mol. The summed E-state index contributed by atoms with van der Waals surface area (Å²) in [7, 11) is 1.55. The molecule has 0 aromatic carbocycles. The number of furan rings is 1. The molecule has 2 aromatic heterocycles. The third kappa shape index (κ3) is 3.94. The number of amides is 1. The quantitative estimate of drug-likeness (QED) is 0.882. The van der Waals surface area contributed by atoms with Crippen LogP contribution in [-0.4, -0.2) is 42.5 Å². The van der Waals surface area contributed by atoms with Crippen molar-refractivity contribution in [3.8, 4) is 5.88 Å². The van der Waals surface area contributed by atoms with E-state index in [1.165, 1.54) is 25.5 Å². The number of nitrogens with zero attached hydrogens (tertiary/aromatic N) is 2. The minimum Gasteiger partial charge on any atom is -0.481 e. The molecule has 0 spiro atoms. The Balaban J connectivity index is 1.65. The van der Waals surface area contributed by atoms with Gasteiger partial charge in [-0.2, -0.15) is 0 Å². The topological polar surface area (TPSA) is 67.6 Å². The van der Waals surface area contributed by atoms with E-state index in [1.807, 2.05) is 12.1 Å². The summed E-state index contributed by atoms with van der Waals surface area (Å²) in [5.74, 6) is 1.25. The standard InChI is InChI=1S/C18H23N3O3/c1-23-17-8-7-14(12-19-17)18(22)20-13-15(16-6-5-11-24-16)21-9-3-2-4-10-21/h5-8,11-12,15H,2-4,9-10,13H2,1H3,(H,20,22)/t15-/m0/s1. The lowest BCUT2D eigenvalue weighted by Crippen LogP contribution is -2.40. The van der Waals surface area contributed by atoms with Gasteiger partial charge in [0, 0.05) is 18.8 Å². The van der Waals surface area contributed by atoms with E-state index in [1.54, 1.807) is 25.5 Å². The smallest absolute Gasteiger partial charge is 0.252 e. The number of hydrogen-bond acceptors (Lipinski definition) is 5. The molecular weight excluding hydrogens is 306 g/mol. The second-order valence-electron chi connectivity index (χ2n) is 5.93. The molecule has 1 fully saturated rings. The van der Waals surface area contributed by atoms with Crippen LogP contribution in [0.25, 0.3) is 0 Å². The first-order valence-electron chi connectivity index (χ1n) is 8.33. The summed E-state index contributed by atoms with van der Waals surface area (Å²) >= 11 is 0. The average Bonchev–Trinajstić information content (AvgIpc) is 3.17. The lowest BCUT2D eigenvalue weighted by atomic mass is 10.1. The van der Waals surface area contributed by atoms with Crippen LogP contribution in [0, 0.1) is 0 Å². The lowest BCUT2D eigenvalue weighted by Gasteiger charge is -2.33. The zero-order chi connectivity index (χ0) is 16.8. The number of methoxy groups -OCH3 is 1. The van der Waals surface area contributed by atoms with E-state index in [-0.39, 0.29) is 11.9 Å². The number of pyridine rings is 1. The minimum absolute atomic E-state index is 0.0652. The zero-order valence-corrected chi connectivity index (χ0v) is 13.9. The molecule has 0 aliphatic carbocycles. The number of carbonyl (C=O) groups excluding carboxylic acids is 1. The van der Waals surface area contributed by atoms with Crippen molar-refractivity contribution in [2.24, 2.45) is 0 Å².